The lowest BCUT2D eigenvalue weighted by Gasteiger charge is -2.05. The van der Waals surface area contributed by atoms with Gasteiger partial charge in [0.1, 0.15) is 11.5 Å². The second kappa shape index (κ2) is 7.86. The summed E-state index contributed by atoms with van der Waals surface area (Å²) in [6, 6.07) is 22.5. The zero-order valence-corrected chi connectivity index (χ0v) is 14.1. The van der Waals surface area contributed by atoms with E-state index in [1.54, 1.807) is 18.3 Å². The lowest BCUT2D eigenvalue weighted by atomic mass is 10.2. The summed E-state index contributed by atoms with van der Waals surface area (Å²) in [5.74, 6) is 1.58. The molecule has 3 aromatic carbocycles. The molecule has 0 bridgehead atoms. The summed E-state index contributed by atoms with van der Waals surface area (Å²) in [4.78, 5) is 0. The van der Waals surface area contributed by atoms with Crippen molar-refractivity contribution in [2.45, 2.75) is 0 Å². The van der Waals surface area contributed by atoms with Gasteiger partial charge in [-0.2, -0.15) is 5.10 Å². The second-order valence-corrected chi connectivity index (χ2v) is 5.80. The van der Waals surface area contributed by atoms with Crippen molar-refractivity contribution in [2.24, 2.45) is 5.10 Å². The van der Waals surface area contributed by atoms with Gasteiger partial charge in [0.05, 0.1) is 21.9 Å². The number of anilines is 1. The van der Waals surface area contributed by atoms with Gasteiger partial charge in [0.25, 0.3) is 0 Å². The normalized spacial score (nSPS) is 10.8. The van der Waals surface area contributed by atoms with E-state index < -0.39 is 0 Å². The van der Waals surface area contributed by atoms with Gasteiger partial charge in [-0.05, 0) is 60.2 Å². The van der Waals surface area contributed by atoms with E-state index in [1.165, 1.54) is 0 Å². The van der Waals surface area contributed by atoms with Gasteiger partial charge in [0, 0.05) is 0 Å². The van der Waals surface area contributed by atoms with E-state index in [2.05, 4.69) is 10.5 Å². The molecule has 0 radical (unpaired) electrons. The van der Waals surface area contributed by atoms with Gasteiger partial charge in [0.2, 0.25) is 0 Å². The predicted octanol–water partition coefficient (Wildman–Crippen LogP) is 6.23. The molecule has 0 saturated carbocycles. The van der Waals surface area contributed by atoms with E-state index in [0.29, 0.717) is 10.0 Å². The molecule has 0 atom stereocenters. The Kier molecular flexibility index (Phi) is 5.36. The summed E-state index contributed by atoms with van der Waals surface area (Å²) in [6.07, 6.45) is 1.72. The topological polar surface area (TPSA) is 33.6 Å². The Labute approximate surface area is 150 Å². The maximum absolute atomic E-state index is 5.96. The number of nitrogens with one attached hydrogen (secondary N) is 1. The standard InChI is InChI=1S/C19H14Cl2N2O/c20-18-11-8-15(12-19(18)21)23-22-13-14-6-9-17(10-7-14)24-16-4-2-1-3-5-16/h1-13,23H. The van der Waals surface area contributed by atoms with Gasteiger partial charge in [-0.25, -0.2) is 0 Å². The number of hydrogen-bond donors (Lipinski definition) is 1. The lowest BCUT2D eigenvalue weighted by Crippen LogP contribution is -1.91. The smallest absolute Gasteiger partial charge is 0.127 e. The average Bonchev–Trinajstić information content (AvgIpc) is 2.60. The Morgan fingerprint density at radius 1 is 0.792 bits per heavy atom. The summed E-state index contributed by atoms with van der Waals surface area (Å²) in [5.41, 5.74) is 4.63. The van der Waals surface area contributed by atoms with Crippen LogP contribution in [-0.2, 0) is 0 Å². The number of halogens is 2. The van der Waals surface area contributed by atoms with Gasteiger partial charge in [-0.15, -0.1) is 0 Å². The molecule has 3 aromatic rings. The number of hydrazone groups is 1. The molecule has 0 spiro atoms. The fourth-order valence-electron chi connectivity index (χ4n) is 1.99. The number of hydrogen-bond acceptors (Lipinski definition) is 3. The first-order chi connectivity index (χ1) is 11.7. The SMILES string of the molecule is Clc1ccc(NN=Cc2ccc(Oc3ccccc3)cc2)cc1Cl. The van der Waals surface area contributed by atoms with Gasteiger partial charge in [-0.3, -0.25) is 5.43 Å². The second-order valence-electron chi connectivity index (χ2n) is 4.98. The summed E-state index contributed by atoms with van der Waals surface area (Å²) < 4.78 is 5.74. The van der Waals surface area contributed by atoms with Crippen molar-refractivity contribution in [2.75, 3.05) is 5.43 Å². The van der Waals surface area contributed by atoms with Crippen LogP contribution in [0.2, 0.25) is 10.0 Å². The molecule has 0 unspecified atom stereocenters. The molecule has 0 aliphatic carbocycles. The first kappa shape index (κ1) is 16.4. The molecular weight excluding hydrogens is 343 g/mol. The third-order valence-corrected chi connectivity index (χ3v) is 3.92. The molecule has 0 aromatic heterocycles. The number of nitrogens with zero attached hydrogens (tertiary/aromatic N) is 1. The van der Waals surface area contributed by atoms with E-state index in [9.17, 15) is 0 Å². The highest BCUT2D eigenvalue weighted by molar-refractivity contribution is 6.42. The molecule has 0 aliphatic rings. The number of rotatable bonds is 5. The van der Waals surface area contributed by atoms with Crippen LogP contribution in [0.1, 0.15) is 5.56 Å². The fourth-order valence-corrected chi connectivity index (χ4v) is 2.29. The minimum Gasteiger partial charge on any atom is -0.457 e. The molecule has 3 rings (SSSR count). The zero-order valence-electron chi connectivity index (χ0n) is 12.6. The third kappa shape index (κ3) is 4.51. The number of ether oxygens (including phenoxy) is 1. The van der Waals surface area contributed by atoms with Crippen molar-refractivity contribution < 1.29 is 4.74 Å². The summed E-state index contributed by atoms with van der Waals surface area (Å²) in [5, 5.41) is 5.18. The van der Waals surface area contributed by atoms with Crippen molar-refractivity contribution in [3.8, 4) is 11.5 Å². The van der Waals surface area contributed by atoms with Crippen molar-refractivity contribution in [1.82, 2.24) is 0 Å². The molecule has 3 nitrogen and oxygen atoms in total. The van der Waals surface area contributed by atoms with Crippen LogP contribution >= 0.6 is 23.2 Å². The zero-order chi connectivity index (χ0) is 16.8. The Bertz CT molecular complexity index is 834. The number of benzene rings is 3. The van der Waals surface area contributed by atoms with Gasteiger partial charge < -0.3 is 4.74 Å². The highest BCUT2D eigenvalue weighted by Gasteiger charge is 1.98. The summed E-state index contributed by atoms with van der Waals surface area (Å²) in [7, 11) is 0. The minimum absolute atomic E-state index is 0.485. The highest BCUT2D eigenvalue weighted by Crippen LogP contribution is 2.25. The maximum atomic E-state index is 5.96. The van der Waals surface area contributed by atoms with Crippen LogP contribution in [0.15, 0.2) is 77.9 Å². The van der Waals surface area contributed by atoms with E-state index in [-0.39, 0.29) is 0 Å². The molecule has 1 N–H and O–H groups in total. The third-order valence-electron chi connectivity index (χ3n) is 3.19. The quantitative estimate of drug-likeness (QED) is 0.434. The minimum atomic E-state index is 0.485. The van der Waals surface area contributed by atoms with E-state index in [1.807, 2.05) is 60.7 Å². The Balaban J connectivity index is 1.60. The van der Waals surface area contributed by atoms with Crippen molar-refractivity contribution >= 4 is 35.1 Å². The summed E-state index contributed by atoms with van der Waals surface area (Å²) in [6.45, 7) is 0. The molecular formula is C19H14Cl2N2O. The predicted molar refractivity (Wildman–Crippen MR) is 101 cm³/mol. The number of para-hydroxylation sites is 1. The van der Waals surface area contributed by atoms with Gasteiger partial charge in [-0.1, -0.05) is 41.4 Å². The van der Waals surface area contributed by atoms with Crippen LogP contribution < -0.4 is 10.2 Å². The molecule has 0 amide bonds. The molecule has 0 aliphatic heterocycles. The van der Waals surface area contributed by atoms with E-state index >= 15 is 0 Å². The van der Waals surface area contributed by atoms with E-state index in [0.717, 1.165) is 22.7 Å². The monoisotopic (exact) mass is 356 g/mol. The van der Waals surface area contributed by atoms with E-state index in [4.69, 9.17) is 27.9 Å². The molecule has 5 heteroatoms. The van der Waals surface area contributed by atoms with Crippen molar-refractivity contribution in [3.05, 3.63) is 88.4 Å². The summed E-state index contributed by atoms with van der Waals surface area (Å²) >= 11 is 11.8. The van der Waals surface area contributed by atoms with Crippen LogP contribution in [0.3, 0.4) is 0 Å². The Morgan fingerprint density at radius 3 is 2.21 bits per heavy atom. The molecule has 24 heavy (non-hydrogen) atoms. The first-order valence-corrected chi connectivity index (χ1v) is 8.03. The Hall–Kier alpha value is -2.49. The largest absolute Gasteiger partial charge is 0.457 e. The fraction of sp³-hybridized carbons (Fsp3) is 0. The molecule has 0 saturated heterocycles. The van der Waals surface area contributed by atoms with Crippen LogP contribution in [0, 0.1) is 0 Å². The first-order valence-electron chi connectivity index (χ1n) is 7.28. The van der Waals surface area contributed by atoms with Crippen molar-refractivity contribution in [3.63, 3.8) is 0 Å². The van der Waals surface area contributed by atoms with Crippen molar-refractivity contribution in [1.29, 1.82) is 0 Å². The Morgan fingerprint density at radius 2 is 1.50 bits per heavy atom. The van der Waals surface area contributed by atoms with Crippen LogP contribution in [0.25, 0.3) is 0 Å². The molecule has 120 valence electrons. The van der Waals surface area contributed by atoms with Crippen LogP contribution in [-0.4, -0.2) is 6.21 Å². The van der Waals surface area contributed by atoms with Crippen LogP contribution in [0.5, 0.6) is 11.5 Å². The average molecular weight is 357 g/mol. The lowest BCUT2D eigenvalue weighted by molar-refractivity contribution is 0.482. The molecule has 0 fully saturated rings. The highest BCUT2D eigenvalue weighted by atomic mass is 35.5. The van der Waals surface area contributed by atoms with Gasteiger partial charge >= 0.3 is 0 Å². The maximum Gasteiger partial charge on any atom is 0.127 e. The van der Waals surface area contributed by atoms with Crippen LogP contribution in [0.4, 0.5) is 5.69 Å². The van der Waals surface area contributed by atoms with Gasteiger partial charge in [0.15, 0.2) is 0 Å². The molecule has 0 heterocycles.